The van der Waals surface area contributed by atoms with Crippen molar-refractivity contribution < 1.29 is 4.74 Å². The molecule has 1 aliphatic heterocycles. The summed E-state index contributed by atoms with van der Waals surface area (Å²) in [5.74, 6) is 0.866. The molecule has 1 rings (SSSR count). The maximum absolute atomic E-state index is 5.55. The van der Waals surface area contributed by atoms with Gasteiger partial charge in [-0.1, -0.05) is 6.92 Å². The second-order valence-corrected chi connectivity index (χ2v) is 4.41. The number of aliphatic imine (C=N–C) groups is 1. The number of halogens is 1. The predicted molar refractivity (Wildman–Crippen MR) is 86.9 cm³/mol. The fourth-order valence-electron chi connectivity index (χ4n) is 1.76. The molecule has 18 heavy (non-hydrogen) atoms. The highest BCUT2D eigenvalue weighted by Gasteiger charge is 2.15. The van der Waals surface area contributed by atoms with E-state index in [1.54, 1.807) is 7.05 Å². The first-order valence-corrected chi connectivity index (χ1v) is 6.51. The number of nitrogens with one attached hydrogen (secondary N) is 2. The van der Waals surface area contributed by atoms with Gasteiger partial charge in [-0.2, -0.15) is 0 Å². The summed E-state index contributed by atoms with van der Waals surface area (Å²) in [6, 6.07) is 0. The van der Waals surface area contributed by atoms with Gasteiger partial charge in [0, 0.05) is 33.3 Å². The van der Waals surface area contributed by atoms with Crippen LogP contribution in [0.2, 0.25) is 0 Å². The number of rotatable bonds is 6. The van der Waals surface area contributed by atoms with Gasteiger partial charge in [0.15, 0.2) is 5.96 Å². The van der Waals surface area contributed by atoms with E-state index in [-0.39, 0.29) is 24.0 Å². The Morgan fingerprint density at radius 2 is 2.22 bits per heavy atom. The molecule has 0 bridgehead atoms. The fourth-order valence-corrected chi connectivity index (χ4v) is 1.76. The van der Waals surface area contributed by atoms with Crippen LogP contribution in [0.1, 0.15) is 19.8 Å². The van der Waals surface area contributed by atoms with Gasteiger partial charge in [0.25, 0.3) is 0 Å². The largest absolute Gasteiger partial charge is 0.376 e. The molecular weight excluding hydrogens is 343 g/mol. The van der Waals surface area contributed by atoms with Gasteiger partial charge in [-0.05, 0) is 26.4 Å². The molecule has 5 nitrogen and oxygen atoms in total. The zero-order valence-corrected chi connectivity index (χ0v) is 14.1. The van der Waals surface area contributed by atoms with E-state index >= 15 is 0 Å². The molecule has 0 saturated carbocycles. The van der Waals surface area contributed by atoms with Gasteiger partial charge in [0.1, 0.15) is 0 Å². The highest BCUT2D eigenvalue weighted by atomic mass is 127. The summed E-state index contributed by atoms with van der Waals surface area (Å²) in [6.07, 6.45) is 2.69. The predicted octanol–water partition coefficient (Wildman–Crippen LogP) is 0.900. The minimum absolute atomic E-state index is 0. The molecule has 1 atom stereocenters. The highest BCUT2D eigenvalue weighted by molar-refractivity contribution is 14.0. The zero-order valence-electron chi connectivity index (χ0n) is 11.7. The van der Waals surface area contributed by atoms with Crippen LogP contribution < -0.4 is 10.6 Å². The lowest BCUT2D eigenvalue weighted by Gasteiger charge is -2.17. The molecule has 0 aromatic rings. The van der Waals surface area contributed by atoms with Crippen LogP contribution in [0.15, 0.2) is 4.99 Å². The second kappa shape index (κ2) is 10.8. The second-order valence-electron chi connectivity index (χ2n) is 4.41. The highest BCUT2D eigenvalue weighted by Crippen LogP contribution is 2.10. The van der Waals surface area contributed by atoms with Gasteiger partial charge in [-0.15, -0.1) is 24.0 Å². The molecule has 1 unspecified atom stereocenters. The van der Waals surface area contributed by atoms with E-state index in [9.17, 15) is 0 Å². The Kier molecular flexibility index (Phi) is 10.8. The van der Waals surface area contributed by atoms with E-state index in [2.05, 4.69) is 34.5 Å². The van der Waals surface area contributed by atoms with Crippen molar-refractivity contribution in [3.8, 4) is 0 Å². The molecule has 0 radical (unpaired) electrons. The van der Waals surface area contributed by atoms with Crippen molar-refractivity contribution in [2.75, 3.05) is 46.9 Å². The summed E-state index contributed by atoms with van der Waals surface area (Å²) in [6.45, 7) is 6.92. The van der Waals surface area contributed by atoms with Crippen molar-refractivity contribution in [1.29, 1.82) is 0 Å². The minimum atomic E-state index is 0. The number of ether oxygens (including phenoxy) is 1. The normalized spacial score (nSPS) is 19.8. The molecule has 6 heteroatoms. The number of guanidine groups is 1. The van der Waals surface area contributed by atoms with Gasteiger partial charge >= 0.3 is 0 Å². The van der Waals surface area contributed by atoms with Gasteiger partial charge in [0.2, 0.25) is 0 Å². The first kappa shape index (κ1) is 17.9. The number of nitrogens with zero attached hydrogens (tertiary/aromatic N) is 2. The molecule has 108 valence electrons. The van der Waals surface area contributed by atoms with Gasteiger partial charge in [-0.25, -0.2) is 0 Å². The standard InChI is InChI=1S/C12H26N4O.HI/c1-4-16(3)8-7-14-12(13-2)15-10-11-6-5-9-17-11;/h11H,4-10H2,1-3H3,(H2,13,14,15);1H. The molecule has 0 amide bonds. The maximum atomic E-state index is 5.55. The number of likely N-dealkylation sites (N-methyl/N-ethyl adjacent to an activating group) is 1. The third kappa shape index (κ3) is 7.38. The molecule has 0 aromatic carbocycles. The summed E-state index contributed by atoms with van der Waals surface area (Å²) in [5.41, 5.74) is 0. The monoisotopic (exact) mass is 370 g/mol. The number of hydrogen-bond donors (Lipinski definition) is 2. The van der Waals surface area contributed by atoms with E-state index in [0.29, 0.717) is 6.10 Å². The smallest absolute Gasteiger partial charge is 0.191 e. The van der Waals surface area contributed by atoms with Crippen LogP contribution in [0.3, 0.4) is 0 Å². The van der Waals surface area contributed by atoms with Crippen LogP contribution in [0, 0.1) is 0 Å². The Morgan fingerprint density at radius 3 is 2.78 bits per heavy atom. The first-order chi connectivity index (χ1) is 8.26. The summed E-state index contributed by atoms with van der Waals surface area (Å²) < 4.78 is 5.55. The van der Waals surface area contributed by atoms with Crippen molar-refractivity contribution in [2.45, 2.75) is 25.9 Å². The third-order valence-corrected chi connectivity index (χ3v) is 3.07. The average molecular weight is 370 g/mol. The van der Waals surface area contributed by atoms with E-state index in [1.807, 2.05) is 0 Å². The van der Waals surface area contributed by atoms with Crippen LogP contribution in [0.25, 0.3) is 0 Å². The third-order valence-electron chi connectivity index (χ3n) is 3.07. The molecule has 2 N–H and O–H groups in total. The minimum Gasteiger partial charge on any atom is -0.376 e. The Bertz CT molecular complexity index is 232. The Morgan fingerprint density at radius 1 is 1.44 bits per heavy atom. The quantitative estimate of drug-likeness (QED) is 0.415. The topological polar surface area (TPSA) is 48.9 Å². The maximum Gasteiger partial charge on any atom is 0.191 e. The molecule has 0 aromatic heterocycles. The molecule has 0 aliphatic carbocycles. The molecule has 1 heterocycles. The lowest BCUT2D eigenvalue weighted by Crippen LogP contribution is -2.43. The first-order valence-electron chi connectivity index (χ1n) is 6.51. The van der Waals surface area contributed by atoms with Crippen molar-refractivity contribution in [3.63, 3.8) is 0 Å². The summed E-state index contributed by atoms with van der Waals surface area (Å²) in [4.78, 5) is 6.46. The fraction of sp³-hybridized carbons (Fsp3) is 0.917. The van der Waals surface area contributed by atoms with Gasteiger partial charge < -0.3 is 20.3 Å². The van der Waals surface area contributed by atoms with Gasteiger partial charge in [-0.3, -0.25) is 4.99 Å². The Balaban J connectivity index is 0.00000289. The van der Waals surface area contributed by atoms with E-state index < -0.39 is 0 Å². The Labute approximate surface area is 128 Å². The van der Waals surface area contributed by atoms with Crippen LogP contribution in [-0.2, 0) is 4.74 Å². The van der Waals surface area contributed by atoms with Crippen molar-refractivity contribution >= 4 is 29.9 Å². The van der Waals surface area contributed by atoms with Crippen molar-refractivity contribution in [3.05, 3.63) is 0 Å². The van der Waals surface area contributed by atoms with Crippen molar-refractivity contribution in [1.82, 2.24) is 15.5 Å². The van der Waals surface area contributed by atoms with Crippen LogP contribution in [0.5, 0.6) is 0 Å². The van der Waals surface area contributed by atoms with Crippen LogP contribution in [0.4, 0.5) is 0 Å². The summed E-state index contributed by atoms with van der Waals surface area (Å²) in [5, 5.41) is 6.60. The van der Waals surface area contributed by atoms with Crippen LogP contribution in [-0.4, -0.2) is 63.8 Å². The lowest BCUT2D eigenvalue weighted by atomic mass is 10.2. The molecule has 1 aliphatic rings. The van der Waals surface area contributed by atoms with Crippen LogP contribution >= 0.6 is 24.0 Å². The molecule has 1 saturated heterocycles. The molecule has 1 fully saturated rings. The Hall–Kier alpha value is -0.0800. The van der Waals surface area contributed by atoms with E-state index in [4.69, 9.17) is 4.74 Å². The van der Waals surface area contributed by atoms with E-state index in [1.165, 1.54) is 6.42 Å². The van der Waals surface area contributed by atoms with Gasteiger partial charge in [0.05, 0.1) is 6.10 Å². The summed E-state index contributed by atoms with van der Waals surface area (Å²) >= 11 is 0. The SMILES string of the molecule is CCN(C)CCNC(=NC)NCC1CCCO1.I. The summed E-state index contributed by atoms with van der Waals surface area (Å²) in [7, 11) is 3.92. The molecular formula is C12H27IN4O. The zero-order chi connectivity index (χ0) is 12.5. The average Bonchev–Trinajstić information content (AvgIpc) is 2.86. The van der Waals surface area contributed by atoms with E-state index in [0.717, 1.165) is 45.2 Å². The molecule has 0 spiro atoms. The number of hydrogen-bond acceptors (Lipinski definition) is 3. The van der Waals surface area contributed by atoms with Crippen molar-refractivity contribution in [2.24, 2.45) is 4.99 Å². The lowest BCUT2D eigenvalue weighted by molar-refractivity contribution is 0.114.